The highest BCUT2D eigenvalue weighted by Crippen LogP contribution is 2.25. The lowest BCUT2D eigenvalue weighted by atomic mass is 10.1. The number of nitrogens with one attached hydrogen (secondary N) is 1. The predicted octanol–water partition coefficient (Wildman–Crippen LogP) is 2.76. The fraction of sp³-hybridized carbons (Fsp3) is 0.250. The molecule has 5 nitrogen and oxygen atoms in total. The largest absolute Gasteiger partial charge is 0.279 e. The fourth-order valence-electron chi connectivity index (χ4n) is 2.23. The molecule has 0 heterocycles. The van der Waals surface area contributed by atoms with Crippen LogP contribution in [0.5, 0.6) is 0 Å². The van der Waals surface area contributed by atoms with Crippen molar-refractivity contribution in [2.75, 3.05) is 11.0 Å². The Labute approximate surface area is 137 Å². The van der Waals surface area contributed by atoms with Gasteiger partial charge in [0.25, 0.3) is 10.0 Å². The van der Waals surface area contributed by atoms with Crippen LogP contribution in [0, 0.1) is 6.92 Å². The molecule has 0 unspecified atom stereocenters. The molecular weight excluding hydrogens is 334 g/mol. The van der Waals surface area contributed by atoms with E-state index in [0.29, 0.717) is 12.1 Å². The summed E-state index contributed by atoms with van der Waals surface area (Å²) in [7, 11) is -7.34. The first-order valence-electron chi connectivity index (χ1n) is 7.06. The predicted molar refractivity (Wildman–Crippen MR) is 90.9 cm³/mol. The third-order valence-corrected chi connectivity index (χ3v) is 5.98. The van der Waals surface area contributed by atoms with Gasteiger partial charge in [-0.15, -0.1) is 0 Å². The van der Waals surface area contributed by atoms with Crippen molar-refractivity contribution in [2.45, 2.75) is 30.1 Å². The molecule has 0 bridgehead atoms. The maximum atomic E-state index is 12.6. The van der Waals surface area contributed by atoms with Crippen LogP contribution in [0.4, 0.5) is 5.69 Å². The maximum absolute atomic E-state index is 12.6. The molecule has 2 aromatic carbocycles. The molecule has 0 saturated carbocycles. The number of rotatable bonds is 5. The summed E-state index contributed by atoms with van der Waals surface area (Å²) in [4.78, 5) is -0.105. The van der Waals surface area contributed by atoms with Crippen LogP contribution in [-0.2, 0) is 26.3 Å². The molecule has 1 N–H and O–H groups in total. The zero-order chi connectivity index (χ0) is 17.3. The Balaban J connectivity index is 2.49. The van der Waals surface area contributed by atoms with Crippen LogP contribution in [-0.4, -0.2) is 23.1 Å². The summed E-state index contributed by atoms with van der Waals surface area (Å²) >= 11 is 0. The number of aryl methyl sites for hydroxylation is 2. The van der Waals surface area contributed by atoms with Crippen molar-refractivity contribution in [1.29, 1.82) is 0 Å². The van der Waals surface area contributed by atoms with E-state index in [0.717, 1.165) is 17.4 Å². The Morgan fingerprint density at radius 1 is 0.957 bits per heavy atom. The van der Waals surface area contributed by atoms with E-state index in [2.05, 4.69) is 4.72 Å². The Morgan fingerprint density at radius 2 is 1.57 bits per heavy atom. The molecule has 7 heteroatoms. The van der Waals surface area contributed by atoms with E-state index in [1.54, 1.807) is 0 Å². The quantitative estimate of drug-likeness (QED) is 0.896. The van der Waals surface area contributed by atoms with E-state index >= 15 is 0 Å². The van der Waals surface area contributed by atoms with Gasteiger partial charge in [0, 0.05) is 6.26 Å². The van der Waals surface area contributed by atoms with E-state index in [-0.39, 0.29) is 9.79 Å². The zero-order valence-electron chi connectivity index (χ0n) is 13.2. The lowest BCUT2D eigenvalue weighted by molar-refractivity contribution is 0.599. The standard InChI is InChI=1S/C16H19NO4S2/c1-4-13-8-5-7-12(2)16(13)17-23(20,21)15-10-6-9-14(11-15)22(3,18)19/h5-11,17H,4H2,1-3H3. The second kappa shape index (κ2) is 6.33. The molecule has 0 fully saturated rings. The average Bonchev–Trinajstić information content (AvgIpc) is 2.48. The minimum absolute atomic E-state index is 0.0270. The number of hydrogen-bond acceptors (Lipinski definition) is 4. The summed E-state index contributed by atoms with van der Waals surface area (Å²) < 4.78 is 51.0. The van der Waals surface area contributed by atoms with Gasteiger partial charge in [0.1, 0.15) is 0 Å². The fourth-order valence-corrected chi connectivity index (χ4v) is 4.19. The molecule has 0 aliphatic carbocycles. The number of sulfone groups is 1. The summed E-state index contributed by atoms with van der Waals surface area (Å²) in [5.41, 5.74) is 2.24. The van der Waals surface area contributed by atoms with Crippen LogP contribution < -0.4 is 4.72 Å². The molecule has 0 atom stereocenters. The van der Waals surface area contributed by atoms with Gasteiger partial charge in [-0.1, -0.05) is 31.2 Å². The third kappa shape index (κ3) is 3.92. The Kier molecular flexibility index (Phi) is 4.81. The molecule has 0 radical (unpaired) electrons. The minimum atomic E-state index is -3.87. The lowest BCUT2D eigenvalue weighted by Gasteiger charge is -2.14. The van der Waals surface area contributed by atoms with Gasteiger partial charge in [-0.25, -0.2) is 16.8 Å². The van der Waals surface area contributed by atoms with E-state index < -0.39 is 19.9 Å². The molecule has 124 valence electrons. The van der Waals surface area contributed by atoms with Crippen LogP contribution in [0.3, 0.4) is 0 Å². The SMILES string of the molecule is CCc1cccc(C)c1NS(=O)(=O)c1cccc(S(C)(=O)=O)c1. The number of benzene rings is 2. The molecule has 0 aliphatic heterocycles. The second-order valence-electron chi connectivity index (χ2n) is 5.32. The Hall–Kier alpha value is -1.86. The van der Waals surface area contributed by atoms with Gasteiger partial charge >= 0.3 is 0 Å². The van der Waals surface area contributed by atoms with Gasteiger partial charge in [0.15, 0.2) is 9.84 Å². The second-order valence-corrected chi connectivity index (χ2v) is 9.01. The van der Waals surface area contributed by atoms with E-state index in [1.165, 1.54) is 24.3 Å². The Morgan fingerprint density at radius 3 is 2.17 bits per heavy atom. The van der Waals surface area contributed by atoms with E-state index in [9.17, 15) is 16.8 Å². The number of anilines is 1. The molecule has 0 saturated heterocycles. The molecule has 2 rings (SSSR count). The van der Waals surface area contributed by atoms with Crippen molar-refractivity contribution < 1.29 is 16.8 Å². The molecule has 0 spiro atoms. The van der Waals surface area contributed by atoms with Gasteiger partial charge in [0.05, 0.1) is 15.5 Å². The van der Waals surface area contributed by atoms with Crippen LogP contribution in [0.2, 0.25) is 0 Å². The van der Waals surface area contributed by atoms with Crippen molar-refractivity contribution >= 4 is 25.5 Å². The summed E-state index contributed by atoms with van der Waals surface area (Å²) in [6.07, 6.45) is 1.73. The normalized spacial score (nSPS) is 12.1. The minimum Gasteiger partial charge on any atom is -0.279 e. The highest BCUT2D eigenvalue weighted by molar-refractivity contribution is 7.93. The third-order valence-electron chi connectivity index (χ3n) is 3.52. The van der Waals surface area contributed by atoms with Crippen molar-refractivity contribution in [3.63, 3.8) is 0 Å². The average molecular weight is 353 g/mol. The highest BCUT2D eigenvalue weighted by Gasteiger charge is 2.19. The molecule has 2 aromatic rings. The molecule has 23 heavy (non-hydrogen) atoms. The van der Waals surface area contributed by atoms with Crippen molar-refractivity contribution in [3.8, 4) is 0 Å². The van der Waals surface area contributed by atoms with Gasteiger partial charge in [0.2, 0.25) is 0 Å². The van der Waals surface area contributed by atoms with Crippen LogP contribution >= 0.6 is 0 Å². The topological polar surface area (TPSA) is 80.3 Å². The van der Waals surface area contributed by atoms with Crippen molar-refractivity contribution in [3.05, 3.63) is 53.6 Å². The number of hydrogen-bond donors (Lipinski definition) is 1. The first-order chi connectivity index (χ1) is 10.6. The highest BCUT2D eigenvalue weighted by atomic mass is 32.2. The summed E-state index contributed by atoms with van der Waals surface area (Å²) in [5, 5.41) is 0. The van der Waals surface area contributed by atoms with Crippen LogP contribution in [0.25, 0.3) is 0 Å². The van der Waals surface area contributed by atoms with E-state index in [1.807, 2.05) is 32.0 Å². The molecule has 0 amide bonds. The summed E-state index contributed by atoms with van der Waals surface area (Å²) in [6.45, 7) is 3.76. The number of sulfonamides is 1. The van der Waals surface area contributed by atoms with E-state index in [4.69, 9.17) is 0 Å². The van der Waals surface area contributed by atoms with Crippen LogP contribution in [0.1, 0.15) is 18.1 Å². The first-order valence-corrected chi connectivity index (χ1v) is 10.4. The first kappa shape index (κ1) is 17.5. The van der Waals surface area contributed by atoms with Gasteiger partial charge in [-0.3, -0.25) is 4.72 Å². The lowest BCUT2D eigenvalue weighted by Crippen LogP contribution is -2.15. The van der Waals surface area contributed by atoms with Crippen molar-refractivity contribution in [2.24, 2.45) is 0 Å². The van der Waals surface area contributed by atoms with Crippen molar-refractivity contribution in [1.82, 2.24) is 0 Å². The molecule has 0 aromatic heterocycles. The monoisotopic (exact) mass is 353 g/mol. The molecule has 0 aliphatic rings. The van der Waals surface area contributed by atoms with Gasteiger partial charge in [-0.2, -0.15) is 0 Å². The summed E-state index contributed by atoms with van der Waals surface area (Å²) in [6, 6.07) is 10.9. The number of para-hydroxylation sites is 1. The Bertz CT molecular complexity index is 932. The summed E-state index contributed by atoms with van der Waals surface area (Å²) in [5.74, 6) is 0. The zero-order valence-corrected chi connectivity index (χ0v) is 14.8. The van der Waals surface area contributed by atoms with Gasteiger partial charge in [-0.05, 0) is 42.7 Å². The maximum Gasteiger partial charge on any atom is 0.261 e. The van der Waals surface area contributed by atoms with Gasteiger partial charge < -0.3 is 0 Å². The van der Waals surface area contributed by atoms with Crippen LogP contribution in [0.15, 0.2) is 52.3 Å². The molecular formula is C16H19NO4S2. The smallest absolute Gasteiger partial charge is 0.261 e.